The van der Waals surface area contributed by atoms with Crippen LogP contribution in [0.3, 0.4) is 0 Å². The molecule has 0 radical (unpaired) electrons. The normalized spacial score (nSPS) is 20.3. The van der Waals surface area contributed by atoms with Gasteiger partial charge in [-0.2, -0.15) is 0 Å². The van der Waals surface area contributed by atoms with Gasteiger partial charge in [0.15, 0.2) is 5.96 Å². The van der Waals surface area contributed by atoms with Crippen LogP contribution in [0.4, 0.5) is 0 Å². The van der Waals surface area contributed by atoms with Crippen molar-refractivity contribution in [3.05, 3.63) is 0 Å². The molecule has 1 aliphatic carbocycles. The molecule has 0 aromatic rings. The number of rotatable bonds is 10. The van der Waals surface area contributed by atoms with Crippen LogP contribution in [0, 0.1) is 5.92 Å². The molecule has 2 rings (SSSR count). The summed E-state index contributed by atoms with van der Waals surface area (Å²) in [6.07, 6.45) is 7.36. The highest BCUT2D eigenvalue weighted by molar-refractivity contribution is 7.89. The Balaban J connectivity index is 1.78. The van der Waals surface area contributed by atoms with Crippen LogP contribution in [0.1, 0.15) is 59.3 Å². The fraction of sp³-hybridized carbons (Fsp3) is 0.947. The molecule has 1 saturated carbocycles. The minimum atomic E-state index is -3.23. The molecular formula is C19H39N5O2S. The van der Waals surface area contributed by atoms with E-state index >= 15 is 0 Å². The molecule has 1 saturated heterocycles. The van der Waals surface area contributed by atoms with Gasteiger partial charge in [0, 0.05) is 25.2 Å². The summed E-state index contributed by atoms with van der Waals surface area (Å²) in [5.74, 6) is 1.29. The second-order valence-electron chi connectivity index (χ2n) is 8.45. The number of piperidine rings is 1. The minimum absolute atomic E-state index is 0.0131. The standard InChI is InChI=1S/C19H39N5O2S/c1-4-20-18(22-16-19(2,3)24-12-6-5-7-13-24)21-11-14-27(25,26)23-15-17-9-8-10-17/h17,23H,4-16H2,1-3H3,(H2,20,21,22). The number of nitrogens with zero attached hydrogens (tertiary/aromatic N) is 2. The lowest BCUT2D eigenvalue weighted by atomic mass is 9.86. The van der Waals surface area contributed by atoms with Crippen molar-refractivity contribution >= 4 is 16.0 Å². The fourth-order valence-corrected chi connectivity index (χ4v) is 4.54. The Kier molecular flexibility index (Phi) is 8.82. The van der Waals surface area contributed by atoms with E-state index in [-0.39, 0.29) is 11.3 Å². The number of sulfonamides is 1. The maximum Gasteiger partial charge on any atom is 0.213 e. The average molecular weight is 402 g/mol. The summed E-state index contributed by atoms with van der Waals surface area (Å²) in [4.78, 5) is 7.23. The summed E-state index contributed by atoms with van der Waals surface area (Å²) in [5, 5.41) is 6.39. The molecule has 27 heavy (non-hydrogen) atoms. The number of guanidine groups is 1. The van der Waals surface area contributed by atoms with Crippen molar-refractivity contribution in [2.24, 2.45) is 10.9 Å². The molecule has 2 fully saturated rings. The molecule has 0 amide bonds. The summed E-state index contributed by atoms with van der Waals surface area (Å²) in [5.41, 5.74) is 0.0131. The van der Waals surface area contributed by atoms with Gasteiger partial charge in [0.2, 0.25) is 10.0 Å². The zero-order valence-corrected chi connectivity index (χ0v) is 18.2. The van der Waals surface area contributed by atoms with Gasteiger partial charge in [0.05, 0.1) is 12.3 Å². The Morgan fingerprint density at radius 1 is 1.11 bits per heavy atom. The van der Waals surface area contributed by atoms with Gasteiger partial charge in [-0.15, -0.1) is 0 Å². The zero-order chi connectivity index (χ0) is 19.8. The molecule has 1 heterocycles. The maximum absolute atomic E-state index is 12.1. The number of aliphatic imine (C=N–C) groups is 1. The van der Waals surface area contributed by atoms with E-state index in [9.17, 15) is 8.42 Å². The summed E-state index contributed by atoms with van der Waals surface area (Å²) >= 11 is 0. The van der Waals surface area contributed by atoms with E-state index in [0.717, 1.165) is 32.5 Å². The molecule has 2 aliphatic rings. The van der Waals surface area contributed by atoms with Crippen LogP contribution >= 0.6 is 0 Å². The Bertz CT molecular complexity index is 567. The SMILES string of the molecule is CCNC(=NCC(C)(C)N1CCCCC1)NCCS(=O)(=O)NCC1CCC1. The van der Waals surface area contributed by atoms with Crippen molar-refractivity contribution in [1.82, 2.24) is 20.3 Å². The van der Waals surface area contributed by atoms with E-state index in [0.29, 0.717) is 31.5 Å². The molecule has 0 atom stereocenters. The first kappa shape index (κ1) is 22.4. The molecule has 7 nitrogen and oxygen atoms in total. The van der Waals surface area contributed by atoms with Crippen molar-refractivity contribution in [2.45, 2.75) is 64.8 Å². The van der Waals surface area contributed by atoms with Crippen molar-refractivity contribution in [1.29, 1.82) is 0 Å². The highest BCUT2D eigenvalue weighted by atomic mass is 32.2. The maximum atomic E-state index is 12.1. The third kappa shape index (κ3) is 7.95. The molecule has 0 spiro atoms. The summed E-state index contributed by atoms with van der Waals surface area (Å²) in [6.45, 7) is 11.1. The van der Waals surface area contributed by atoms with Gasteiger partial charge in [0.1, 0.15) is 0 Å². The van der Waals surface area contributed by atoms with E-state index in [1.54, 1.807) is 0 Å². The van der Waals surface area contributed by atoms with E-state index in [1.807, 2.05) is 6.92 Å². The van der Waals surface area contributed by atoms with E-state index in [1.165, 1.54) is 25.7 Å². The van der Waals surface area contributed by atoms with Gasteiger partial charge < -0.3 is 10.6 Å². The lowest BCUT2D eigenvalue weighted by Gasteiger charge is -2.40. The Labute approximate surface area is 165 Å². The van der Waals surface area contributed by atoms with Crippen LogP contribution in [0.25, 0.3) is 0 Å². The van der Waals surface area contributed by atoms with Crippen molar-refractivity contribution in [3.63, 3.8) is 0 Å². The number of likely N-dealkylation sites (tertiary alicyclic amines) is 1. The van der Waals surface area contributed by atoms with Gasteiger partial charge in [-0.05, 0) is 65.5 Å². The average Bonchev–Trinajstić information content (AvgIpc) is 2.59. The second-order valence-corrected chi connectivity index (χ2v) is 10.4. The minimum Gasteiger partial charge on any atom is -0.357 e. The summed E-state index contributed by atoms with van der Waals surface area (Å²) in [6, 6.07) is 0. The van der Waals surface area contributed by atoms with Gasteiger partial charge in [-0.3, -0.25) is 9.89 Å². The van der Waals surface area contributed by atoms with Gasteiger partial charge in [-0.1, -0.05) is 12.8 Å². The van der Waals surface area contributed by atoms with Gasteiger partial charge >= 0.3 is 0 Å². The van der Waals surface area contributed by atoms with E-state index in [2.05, 4.69) is 34.1 Å². The summed E-state index contributed by atoms with van der Waals surface area (Å²) < 4.78 is 27.0. The third-order valence-corrected chi connectivity index (χ3v) is 7.01. The van der Waals surface area contributed by atoms with Crippen molar-refractivity contribution < 1.29 is 8.42 Å². The smallest absolute Gasteiger partial charge is 0.213 e. The topological polar surface area (TPSA) is 85.8 Å². The molecule has 0 unspecified atom stereocenters. The van der Waals surface area contributed by atoms with Crippen LogP contribution in [-0.2, 0) is 10.0 Å². The zero-order valence-electron chi connectivity index (χ0n) is 17.4. The Morgan fingerprint density at radius 2 is 1.81 bits per heavy atom. The monoisotopic (exact) mass is 401 g/mol. The highest BCUT2D eigenvalue weighted by Gasteiger charge is 2.27. The predicted octanol–water partition coefficient (Wildman–Crippen LogP) is 1.53. The molecular weight excluding hydrogens is 362 g/mol. The molecule has 0 aromatic heterocycles. The number of nitrogens with one attached hydrogen (secondary N) is 3. The summed E-state index contributed by atoms with van der Waals surface area (Å²) in [7, 11) is -3.23. The molecule has 0 aromatic carbocycles. The molecule has 3 N–H and O–H groups in total. The highest BCUT2D eigenvalue weighted by Crippen LogP contribution is 2.25. The van der Waals surface area contributed by atoms with Crippen LogP contribution < -0.4 is 15.4 Å². The first-order valence-electron chi connectivity index (χ1n) is 10.6. The fourth-order valence-electron chi connectivity index (χ4n) is 3.53. The number of hydrogen-bond donors (Lipinski definition) is 3. The molecule has 158 valence electrons. The quantitative estimate of drug-likeness (QED) is 0.382. The van der Waals surface area contributed by atoms with Crippen LogP contribution in [0.2, 0.25) is 0 Å². The lowest BCUT2D eigenvalue weighted by molar-refractivity contribution is 0.102. The van der Waals surface area contributed by atoms with Crippen molar-refractivity contribution in [3.8, 4) is 0 Å². The third-order valence-electron chi connectivity index (χ3n) is 5.66. The molecule has 8 heteroatoms. The second kappa shape index (κ2) is 10.6. The Hall–Kier alpha value is -0.860. The first-order chi connectivity index (χ1) is 12.8. The van der Waals surface area contributed by atoms with Crippen LogP contribution in [-0.4, -0.2) is 69.8 Å². The lowest BCUT2D eigenvalue weighted by Crippen LogP contribution is -2.50. The van der Waals surface area contributed by atoms with Crippen LogP contribution in [0.5, 0.6) is 0 Å². The Morgan fingerprint density at radius 3 is 2.41 bits per heavy atom. The first-order valence-corrected chi connectivity index (χ1v) is 12.2. The number of hydrogen-bond acceptors (Lipinski definition) is 4. The van der Waals surface area contributed by atoms with Crippen LogP contribution in [0.15, 0.2) is 4.99 Å². The predicted molar refractivity (Wildman–Crippen MR) is 113 cm³/mol. The van der Waals surface area contributed by atoms with E-state index in [4.69, 9.17) is 4.99 Å². The molecule has 1 aliphatic heterocycles. The van der Waals surface area contributed by atoms with E-state index < -0.39 is 10.0 Å². The molecule has 0 bridgehead atoms. The van der Waals surface area contributed by atoms with Gasteiger partial charge in [0.25, 0.3) is 0 Å². The van der Waals surface area contributed by atoms with Gasteiger partial charge in [-0.25, -0.2) is 13.1 Å². The largest absolute Gasteiger partial charge is 0.357 e. The van der Waals surface area contributed by atoms with Crippen molar-refractivity contribution in [2.75, 3.05) is 45.0 Å².